The Hall–Kier alpha value is -2.34. The maximum Gasteiger partial charge on any atom is 0.317 e. The van der Waals surface area contributed by atoms with Gasteiger partial charge in [-0.2, -0.15) is 0 Å². The predicted octanol–water partition coefficient (Wildman–Crippen LogP) is 2.34. The fraction of sp³-hybridized carbons (Fsp3) is 0.333. The number of hydrogen-bond donors (Lipinski definition) is 1. The summed E-state index contributed by atoms with van der Waals surface area (Å²) in [6.07, 6.45) is 0.456. The Balaban J connectivity index is 1.42. The highest BCUT2D eigenvalue weighted by atomic mass is 32.1. The number of rotatable bonds is 4. The zero-order valence-electron chi connectivity index (χ0n) is 13.5. The highest BCUT2D eigenvalue weighted by Gasteiger charge is 2.24. The van der Waals surface area contributed by atoms with Gasteiger partial charge in [-0.3, -0.25) is 4.79 Å². The van der Waals surface area contributed by atoms with Crippen molar-refractivity contribution in [2.75, 3.05) is 26.2 Å². The third kappa shape index (κ3) is 4.35. The van der Waals surface area contributed by atoms with Crippen LogP contribution in [0.4, 0.5) is 4.79 Å². The van der Waals surface area contributed by atoms with Crippen LogP contribution in [0, 0.1) is 0 Å². The Bertz CT molecular complexity index is 665. The van der Waals surface area contributed by atoms with Crippen molar-refractivity contribution in [3.63, 3.8) is 0 Å². The molecule has 1 aromatic heterocycles. The molecule has 3 rings (SSSR count). The van der Waals surface area contributed by atoms with Gasteiger partial charge in [0, 0.05) is 37.6 Å². The third-order valence-corrected chi connectivity index (χ3v) is 4.99. The van der Waals surface area contributed by atoms with E-state index in [1.807, 2.05) is 52.7 Å². The van der Waals surface area contributed by atoms with E-state index >= 15 is 0 Å². The molecular weight excluding hydrogens is 322 g/mol. The number of carbonyl (C=O) groups excluding carboxylic acids is 2. The molecule has 1 aromatic carbocycles. The Labute approximate surface area is 145 Å². The Morgan fingerprint density at radius 1 is 0.958 bits per heavy atom. The van der Waals surface area contributed by atoms with Crippen LogP contribution in [0.25, 0.3) is 0 Å². The summed E-state index contributed by atoms with van der Waals surface area (Å²) in [5, 5.41) is 4.92. The summed E-state index contributed by atoms with van der Waals surface area (Å²) in [4.78, 5) is 29.2. The second-order valence-corrected chi connectivity index (χ2v) is 6.80. The van der Waals surface area contributed by atoms with Crippen LogP contribution in [0.2, 0.25) is 0 Å². The van der Waals surface area contributed by atoms with Crippen molar-refractivity contribution in [1.29, 1.82) is 0 Å². The smallest absolute Gasteiger partial charge is 0.317 e. The first-order valence-electron chi connectivity index (χ1n) is 8.09. The molecule has 1 aliphatic heterocycles. The molecule has 2 heterocycles. The number of piperazine rings is 1. The van der Waals surface area contributed by atoms with E-state index in [0.29, 0.717) is 39.1 Å². The molecule has 1 aliphatic rings. The van der Waals surface area contributed by atoms with E-state index < -0.39 is 0 Å². The van der Waals surface area contributed by atoms with Crippen molar-refractivity contribution >= 4 is 23.3 Å². The van der Waals surface area contributed by atoms with Crippen LogP contribution in [-0.2, 0) is 17.8 Å². The van der Waals surface area contributed by atoms with Gasteiger partial charge in [0.25, 0.3) is 0 Å². The van der Waals surface area contributed by atoms with Crippen LogP contribution in [-0.4, -0.2) is 47.9 Å². The van der Waals surface area contributed by atoms with Gasteiger partial charge >= 0.3 is 6.03 Å². The second-order valence-electron chi connectivity index (χ2n) is 5.77. The first-order chi connectivity index (χ1) is 11.7. The molecular formula is C18H21N3O2S. The van der Waals surface area contributed by atoms with Gasteiger partial charge in [0.2, 0.25) is 5.91 Å². The minimum Gasteiger partial charge on any atom is -0.339 e. The fourth-order valence-corrected chi connectivity index (χ4v) is 3.41. The molecule has 0 spiro atoms. The average Bonchev–Trinajstić information content (AvgIpc) is 3.13. The van der Waals surface area contributed by atoms with Crippen LogP contribution in [0.5, 0.6) is 0 Å². The second kappa shape index (κ2) is 7.97. The summed E-state index contributed by atoms with van der Waals surface area (Å²) in [6.45, 7) is 2.89. The lowest BCUT2D eigenvalue weighted by molar-refractivity contribution is -0.131. The quantitative estimate of drug-likeness (QED) is 0.926. The Morgan fingerprint density at radius 2 is 1.67 bits per heavy atom. The molecule has 0 radical (unpaired) electrons. The van der Waals surface area contributed by atoms with E-state index in [2.05, 4.69) is 5.32 Å². The van der Waals surface area contributed by atoms with Gasteiger partial charge in [0.15, 0.2) is 0 Å². The lowest BCUT2D eigenvalue weighted by Crippen LogP contribution is -2.53. The molecule has 1 N–H and O–H groups in total. The van der Waals surface area contributed by atoms with Gasteiger partial charge in [-0.25, -0.2) is 4.79 Å². The first kappa shape index (κ1) is 16.5. The number of thiophene rings is 1. The minimum atomic E-state index is -0.0655. The fourth-order valence-electron chi connectivity index (χ4n) is 2.72. The summed E-state index contributed by atoms with van der Waals surface area (Å²) in [6, 6.07) is 13.7. The summed E-state index contributed by atoms with van der Waals surface area (Å²) in [5.41, 5.74) is 1.08. The largest absolute Gasteiger partial charge is 0.339 e. The monoisotopic (exact) mass is 343 g/mol. The summed E-state index contributed by atoms with van der Waals surface area (Å²) in [5.74, 6) is 0.141. The van der Waals surface area contributed by atoms with Crippen LogP contribution < -0.4 is 5.32 Å². The number of nitrogens with zero attached hydrogens (tertiary/aromatic N) is 2. The maximum atomic E-state index is 12.3. The van der Waals surface area contributed by atoms with Gasteiger partial charge in [0.1, 0.15) is 0 Å². The molecule has 0 atom stereocenters. The van der Waals surface area contributed by atoms with E-state index in [9.17, 15) is 9.59 Å². The number of nitrogens with one attached hydrogen (secondary N) is 1. The van der Waals surface area contributed by atoms with Gasteiger partial charge in [-0.05, 0) is 17.0 Å². The van der Waals surface area contributed by atoms with Crippen LogP contribution in [0.15, 0.2) is 47.8 Å². The van der Waals surface area contributed by atoms with Crippen molar-refractivity contribution in [2.45, 2.75) is 13.0 Å². The Morgan fingerprint density at radius 3 is 2.33 bits per heavy atom. The number of urea groups is 1. The molecule has 126 valence electrons. The molecule has 0 aliphatic carbocycles. The lowest BCUT2D eigenvalue weighted by Gasteiger charge is -2.34. The standard InChI is InChI=1S/C18H21N3O2S/c22-17(13-16-7-4-12-24-16)20-8-10-21(11-9-20)18(23)19-14-15-5-2-1-3-6-15/h1-7,12H,8-11,13-14H2,(H,19,23). The highest BCUT2D eigenvalue weighted by molar-refractivity contribution is 7.10. The Kier molecular flexibility index (Phi) is 5.48. The molecule has 3 amide bonds. The van der Waals surface area contributed by atoms with Crippen molar-refractivity contribution in [3.8, 4) is 0 Å². The van der Waals surface area contributed by atoms with Gasteiger partial charge in [0.05, 0.1) is 6.42 Å². The zero-order chi connectivity index (χ0) is 16.8. The van der Waals surface area contributed by atoms with Crippen LogP contribution >= 0.6 is 11.3 Å². The van der Waals surface area contributed by atoms with E-state index in [4.69, 9.17) is 0 Å². The summed E-state index contributed by atoms with van der Waals surface area (Å²) >= 11 is 1.60. The molecule has 0 saturated carbocycles. The van der Waals surface area contributed by atoms with E-state index in [1.165, 1.54) is 0 Å². The number of benzene rings is 1. The predicted molar refractivity (Wildman–Crippen MR) is 94.9 cm³/mol. The molecule has 0 bridgehead atoms. The van der Waals surface area contributed by atoms with Crippen molar-refractivity contribution in [2.24, 2.45) is 0 Å². The summed E-state index contributed by atoms with van der Waals surface area (Å²) in [7, 11) is 0. The normalized spacial score (nSPS) is 14.5. The molecule has 6 heteroatoms. The molecule has 0 unspecified atom stereocenters. The first-order valence-corrected chi connectivity index (χ1v) is 8.97. The molecule has 24 heavy (non-hydrogen) atoms. The number of carbonyl (C=O) groups is 2. The van der Waals surface area contributed by atoms with E-state index in [0.717, 1.165) is 10.4 Å². The lowest BCUT2D eigenvalue weighted by atomic mass is 10.2. The topological polar surface area (TPSA) is 52.7 Å². The molecule has 1 saturated heterocycles. The van der Waals surface area contributed by atoms with E-state index in [1.54, 1.807) is 16.2 Å². The van der Waals surface area contributed by atoms with Gasteiger partial charge < -0.3 is 15.1 Å². The molecule has 5 nitrogen and oxygen atoms in total. The SMILES string of the molecule is O=C(Cc1cccs1)N1CCN(C(=O)NCc2ccccc2)CC1. The zero-order valence-corrected chi connectivity index (χ0v) is 14.3. The van der Waals surface area contributed by atoms with Gasteiger partial charge in [-0.1, -0.05) is 36.4 Å². The summed E-state index contributed by atoms with van der Waals surface area (Å²) < 4.78 is 0. The number of hydrogen-bond acceptors (Lipinski definition) is 3. The molecule has 1 fully saturated rings. The average molecular weight is 343 g/mol. The molecule has 2 aromatic rings. The minimum absolute atomic E-state index is 0.0655. The number of amides is 3. The van der Waals surface area contributed by atoms with E-state index in [-0.39, 0.29) is 11.9 Å². The van der Waals surface area contributed by atoms with Crippen molar-refractivity contribution in [3.05, 3.63) is 58.3 Å². The van der Waals surface area contributed by atoms with Crippen molar-refractivity contribution < 1.29 is 9.59 Å². The third-order valence-electron chi connectivity index (χ3n) is 4.11. The maximum absolute atomic E-state index is 12.3. The van der Waals surface area contributed by atoms with Crippen molar-refractivity contribution in [1.82, 2.24) is 15.1 Å². The highest BCUT2D eigenvalue weighted by Crippen LogP contribution is 2.12. The van der Waals surface area contributed by atoms with Crippen LogP contribution in [0.3, 0.4) is 0 Å². The van der Waals surface area contributed by atoms with Gasteiger partial charge in [-0.15, -0.1) is 11.3 Å². The van der Waals surface area contributed by atoms with Crippen LogP contribution in [0.1, 0.15) is 10.4 Å².